The lowest BCUT2D eigenvalue weighted by molar-refractivity contribution is -0.139. The molecule has 114 valence electrons. The van der Waals surface area contributed by atoms with Crippen LogP contribution in [-0.2, 0) is 6.18 Å². The molecule has 0 saturated carbocycles. The molecule has 1 aromatic heterocycles. The number of benzene rings is 1. The van der Waals surface area contributed by atoms with Crippen LogP contribution in [0.4, 0.5) is 29.2 Å². The molecule has 0 atom stereocenters. The number of rotatable bonds is 3. The van der Waals surface area contributed by atoms with Crippen LogP contribution in [-0.4, -0.2) is 9.55 Å². The standard InChI is InChI=1S/C14H15F4N3/c1-8(2)21-7-9(3)19-13(21)20-10-4-5-12(15)11(6-10)14(16,17)18/h4-8H,1-3H3,(H,19,20). The van der Waals surface area contributed by atoms with E-state index in [9.17, 15) is 17.6 Å². The second-order valence-corrected chi connectivity index (χ2v) is 5.02. The molecule has 0 aliphatic heterocycles. The average molecular weight is 301 g/mol. The van der Waals surface area contributed by atoms with E-state index in [2.05, 4.69) is 10.3 Å². The Bertz CT molecular complexity index is 644. The predicted molar refractivity (Wildman–Crippen MR) is 72.0 cm³/mol. The molecule has 0 bridgehead atoms. The minimum absolute atomic E-state index is 0.0937. The van der Waals surface area contributed by atoms with Gasteiger partial charge in [-0.3, -0.25) is 0 Å². The monoisotopic (exact) mass is 301 g/mol. The highest BCUT2D eigenvalue weighted by Crippen LogP contribution is 2.33. The van der Waals surface area contributed by atoms with Crippen molar-refractivity contribution < 1.29 is 17.6 Å². The molecule has 2 aromatic rings. The normalized spacial score (nSPS) is 12.0. The van der Waals surface area contributed by atoms with Gasteiger partial charge < -0.3 is 9.88 Å². The molecule has 7 heteroatoms. The summed E-state index contributed by atoms with van der Waals surface area (Å²) in [6.45, 7) is 5.64. The Morgan fingerprint density at radius 3 is 2.48 bits per heavy atom. The van der Waals surface area contributed by atoms with Gasteiger partial charge in [-0.2, -0.15) is 13.2 Å². The topological polar surface area (TPSA) is 29.9 Å². The fraction of sp³-hybridized carbons (Fsp3) is 0.357. The summed E-state index contributed by atoms with van der Waals surface area (Å²) in [5, 5.41) is 2.80. The summed E-state index contributed by atoms with van der Waals surface area (Å²) >= 11 is 0. The minimum Gasteiger partial charge on any atom is -0.326 e. The molecule has 0 aliphatic carbocycles. The third-order valence-corrected chi connectivity index (χ3v) is 2.94. The molecule has 0 amide bonds. The second-order valence-electron chi connectivity index (χ2n) is 5.02. The molecule has 0 aliphatic rings. The maximum Gasteiger partial charge on any atom is 0.419 e. The molecule has 2 rings (SSSR count). The molecule has 1 aromatic carbocycles. The Labute approximate surface area is 119 Å². The van der Waals surface area contributed by atoms with Crippen molar-refractivity contribution in [2.45, 2.75) is 33.0 Å². The van der Waals surface area contributed by atoms with E-state index in [1.165, 1.54) is 6.07 Å². The number of nitrogens with one attached hydrogen (secondary N) is 1. The Kier molecular flexibility index (Phi) is 3.93. The highest BCUT2D eigenvalue weighted by molar-refractivity contribution is 5.56. The van der Waals surface area contributed by atoms with Crippen LogP contribution in [0.5, 0.6) is 0 Å². The highest BCUT2D eigenvalue weighted by atomic mass is 19.4. The van der Waals surface area contributed by atoms with Crippen molar-refractivity contribution in [1.29, 1.82) is 0 Å². The minimum atomic E-state index is -4.73. The summed E-state index contributed by atoms with van der Waals surface area (Å²) < 4.78 is 53.1. The zero-order chi connectivity index (χ0) is 15.8. The lowest BCUT2D eigenvalue weighted by Crippen LogP contribution is -2.10. The smallest absolute Gasteiger partial charge is 0.326 e. The maximum absolute atomic E-state index is 13.2. The van der Waals surface area contributed by atoms with E-state index < -0.39 is 17.6 Å². The van der Waals surface area contributed by atoms with Crippen molar-refractivity contribution >= 4 is 11.6 Å². The summed E-state index contributed by atoms with van der Waals surface area (Å²) in [7, 11) is 0. The Hall–Kier alpha value is -2.05. The number of hydrogen-bond donors (Lipinski definition) is 1. The quantitative estimate of drug-likeness (QED) is 0.835. The number of anilines is 2. The van der Waals surface area contributed by atoms with Crippen LogP contribution in [0.25, 0.3) is 0 Å². The summed E-state index contributed by atoms with van der Waals surface area (Å²) in [4.78, 5) is 4.22. The van der Waals surface area contributed by atoms with Crippen molar-refractivity contribution in [3.05, 3.63) is 41.5 Å². The van der Waals surface area contributed by atoms with E-state index in [0.717, 1.165) is 17.8 Å². The number of nitrogens with zero attached hydrogens (tertiary/aromatic N) is 2. The van der Waals surface area contributed by atoms with E-state index in [-0.39, 0.29) is 11.7 Å². The summed E-state index contributed by atoms with van der Waals surface area (Å²) in [6, 6.07) is 2.88. The van der Waals surface area contributed by atoms with E-state index in [4.69, 9.17) is 0 Å². The SMILES string of the molecule is Cc1cn(C(C)C)c(Nc2ccc(F)c(C(F)(F)F)c2)n1. The van der Waals surface area contributed by atoms with E-state index in [1.807, 2.05) is 13.8 Å². The average Bonchev–Trinajstić information content (AvgIpc) is 2.71. The first-order valence-corrected chi connectivity index (χ1v) is 6.37. The van der Waals surface area contributed by atoms with E-state index in [0.29, 0.717) is 5.95 Å². The number of aromatic nitrogens is 2. The third kappa shape index (κ3) is 3.34. The van der Waals surface area contributed by atoms with Gasteiger partial charge in [-0.15, -0.1) is 0 Å². The lowest BCUT2D eigenvalue weighted by atomic mass is 10.2. The third-order valence-electron chi connectivity index (χ3n) is 2.94. The number of halogens is 4. The highest BCUT2D eigenvalue weighted by Gasteiger charge is 2.34. The largest absolute Gasteiger partial charge is 0.419 e. The Morgan fingerprint density at radius 2 is 1.90 bits per heavy atom. The molecule has 3 nitrogen and oxygen atoms in total. The molecule has 0 saturated heterocycles. The Balaban J connectivity index is 2.37. The van der Waals surface area contributed by atoms with E-state index >= 15 is 0 Å². The second kappa shape index (κ2) is 5.38. The van der Waals surface area contributed by atoms with Gasteiger partial charge in [-0.1, -0.05) is 0 Å². The van der Waals surface area contributed by atoms with Gasteiger partial charge in [0, 0.05) is 17.9 Å². The van der Waals surface area contributed by atoms with Gasteiger partial charge in [-0.05, 0) is 39.0 Å². The van der Waals surface area contributed by atoms with Gasteiger partial charge in [0.2, 0.25) is 5.95 Å². The van der Waals surface area contributed by atoms with Crippen molar-refractivity contribution in [2.75, 3.05) is 5.32 Å². The number of alkyl halides is 3. The Morgan fingerprint density at radius 1 is 1.24 bits per heavy atom. The van der Waals surface area contributed by atoms with Crippen LogP contribution in [0.3, 0.4) is 0 Å². The zero-order valence-electron chi connectivity index (χ0n) is 11.8. The molecule has 1 heterocycles. The first-order valence-electron chi connectivity index (χ1n) is 6.37. The van der Waals surface area contributed by atoms with Crippen LogP contribution in [0.15, 0.2) is 24.4 Å². The van der Waals surface area contributed by atoms with Gasteiger partial charge in [0.05, 0.1) is 11.3 Å². The first kappa shape index (κ1) is 15.3. The number of aryl methyl sites for hydroxylation is 1. The molecular weight excluding hydrogens is 286 g/mol. The number of imidazole rings is 1. The molecule has 1 N–H and O–H groups in total. The van der Waals surface area contributed by atoms with Crippen LogP contribution in [0.2, 0.25) is 0 Å². The van der Waals surface area contributed by atoms with Crippen molar-refractivity contribution in [3.63, 3.8) is 0 Å². The van der Waals surface area contributed by atoms with Crippen LogP contribution in [0, 0.1) is 12.7 Å². The molecular formula is C14H15F4N3. The molecule has 0 fully saturated rings. The van der Waals surface area contributed by atoms with Crippen molar-refractivity contribution in [3.8, 4) is 0 Å². The van der Waals surface area contributed by atoms with Crippen LogP contribution >= 0.6 is 0 Å². The van der Waals surface area contributed by atoms with Gasteiger partial charge in [0.15, 0.2) is 0 Å². The van der Waals surface area contributed by atoms with Gasteiger partial charge in [0.1, 0.15) is 5.82 Å². The molecule has 21 heavy (non-hydrogen) atoms. The molecule has 0 radical (unpaired) electrons. The van der Waals surface area contributed by atoms with Crippen LogP contribution in [0.1, 0.15) is 31.1 Å². The lowest BCUT2D eigenvalue weighted by Gasteiger charge is -2.14. The van der Waals surface area contributed by atoms with Crippen LogP contribution < -0.4 is 5.32 Å². The maximum atomic E-state index is 13.2. The molecule has 0 spiro atoms. The summed E-state index contributed by atoms with van der Waals surface area (Å²) in [6.07, 6.45) is -2.94. The van der Waals surface area contributed by atoms with Gasteiger partial charge in [0.25, 0.3) is 0 Å². The summed E-state index contributed by atoms with van der Waals surface area (Å²) in [5.74, 6) is -0.876. The fourth-order valence-electron chi connectivity index (χ4n) is 1.95. The van der Waals surface area contributed by atoms with E-state index in [1.54, 1.807) is 17.7 Å². The summed E-state index contributed by atoms with van der Waals surface area (Å²) in [5.41, 5.74) is -0.424. The number of hydrogen-bond acceptors (Lipinski definition) is 2. The van der Waals surface area contributed by atoms with Crippen molar-refractivity contribution in [2.24, 2.45) is 0 Å². The van der Waals surface area contributed by atoms with Gasteiger partial charge in [-0.25, -0.2) is 9.37 Å². The van der Waals surface area contributed by atoms with Crippen molar-refractivity contribution in [1.82, 2.24) is 9.55 Å². The van der Waals surface area contributed by atoms with Gasteiger partial charge >= 0.3 is 6.18 Å². The fourth-order valence-corrected chi connectivity index (χ4v) is 1.95. The predicted octanol–water partition coefficient (Wildman–Crippen LogP) is 4.67. The molecule has 0 unspecified atom stereocenters. The zero-order valence-corrected chi connectivity index (χ0v) is 11.8. The first-order chi connectivity index (χ1) is 9.68.